The Bertz CT molecular complexity index is 431. The molecule has 1 aliphatic carbocycles. The Kier molecular flexibility index (Phi) is 5.70. The lowest BCUT2D eigenvalue weighted by Crippen LogP contribution is -2.27. The number of ether oxygens (including phenoxy) is 1. The summed E-state index contributed by atoms with van der Waals surface area (Å²) in [6.45, 7) is 2.94. The summed E-state index contributed by atoms with van der Waals surface area (Å²) in [5, 5.41) is 7.23. The van der Waals surface area contributed by atoms with E-state index in [9.17, 15) is 0 Å². The number of thioether (sulfide) groups is 1. The van der Waals surface area contributed by atoms with Crippen molar-refractivity contribution in [3.63, 3.8) is 0 Å². The van der Waals surface area contributed by atoms with Crippen LogP contribution >= 0.6 is 11.8 Å². The zero-order valence-electron chi connectivity index (χ0n) is 12.3. The van der Waals surface area contributed by atoms with Crippen molar-refractivity contribution in [1.82, 2.24) is 15.0 Å². The fourth-order valence-corrected chi connectivity index (χ4v) is 3.30. The standard InChI is InChI=1S/C13H23N5OS/c1-4-8-14-11-16-12(18-13(17-11)19-2)15-9-6-5-7-10(9)20-3/h9-10H,4-8H2,1-3H3,(H2,14,15,16,17,18). The van der Waals surface area contributed by atoms with E-state index in [1.165, 1.54) is 12.8 Å². The monoisotopic (exact) mass is 297 g/mol. The van der Waals surface area contributed by atoms with E-state index < -0.39 is 0 Å². The molecule has 2 rings (SSSR count). The van der Waals surface area contributed by atoms with E-state index in [4.69, 9.17) is 4.74 Å². The second-order valence-corrected chi connectivity index (χ2v) is 5.93. The Hall–Kier alpha value is -1.24. The predicted molar refractivity (Wildman–Crippen MR) is 83.7 cm³/mol. The number of anilines is 2. The van der Waals surface area contributed by atoms with Crippen molar-refractivity contribution in [3.05, 3.63) is 0 Å². The van der Waals surface area contributed by atoms with Gasteiger partial charge in [-0.3, -0.25) is 0 Å². The van der Waals surface area contributed by atoms with Gasteiger partial charge in [0.15, 0.2) is 0 Å². The molecule has 112 valence electrons. The highest BCUT2D eigenvalue weighted by atomic mass is 32.2. The Morgan fingerprint density at radius 2 is 2.05 bits per heavy atom. The molecule has 1 saturated carbocycles. The topological polar surface area (TPSA) is 72.0 Å². The van der Waals surface area contributed by atoms with Gasteiger partial charge in [-0.1, -0.05) is 13.3 Å². The van der Waals surface area contributed by atoms with Crippen molar-refractivity contribution in [2.24, 2.45) is 0 Å². The van der Waals surface area contributed by atoms with Gasteiger partial charge in [0.05, 0.1) is 7.11 Å². The van der Waals surface area contributed by atoms with Gasteiger partial charge in [0, 0.05) is 17.8 Å². The fourth-order valence-electron chi connectivity index (χ4n) is 2.37. The van der Waals surface area contributed by atoms with Crippen LogP contribution in [0.2, 0.25) is 0 Å². The molecule has 2 N–H and O–H groups in total. The molecule has 0 saturated heterocycles. The molecule has 0 aliphatic heterocycles. The average Bonchev–Trinajstić information content (AvgIpc) is 2.92. The minimum atomic E-state index is 0.347. The largest absolute Gasteiger partial charge is 0.467 e. The highest BCUT2D eigenvalue weighted by Gasteiger charge is 2.27. The van der Waals surface area contributed by atoms with E-state index in [2.05, 4.69) is 38.8 Å². The summed E-state index contributed by atoms with van der Waals surface area (Å²) in [5.41, 5.74) is 0. The van der Waals surface area contributed by atoms with E-state index in [0.29, 0.717) is 29.2 Å². The molecule has 0 spiro atoms. The van der Waals surface area contributed by atoms with Crippen LogP contribution in [0, 0.1) is 0 Å². The molecule has 0 aromatic carbocycles. The SMILES string of the molecule is CCCNc1nc(NC2CCCC2SC)nc(OC)n1. The summed E-state index contributed by atoms with van der Waals surface area (Å²) in [5.74, 6) is 1.17. The van der Waals surface area contributed by atoms with Crippen LogP contribution in [0.3, 0.4) is 0 Å². The summed E-state index contributed by atoms with van der Waals surface area (Å²) in [7, 11) is 1.57. The van der Waals surface area contributed by atoms with Gasteiger partial charge in [0.1, 0.15) is 0 Å². The van der Waals surface area contributed by atoms with Crippen molar-refractivity contribution >= 4 is 23.7 Å². The molecular formula is C13H23N5OS. The summed E-state index contributed by atoms with van der Waals surface area (Å²) < 4.78 is 5.15. The minimum absolute atomic E-state index is 0.347. The lowest BCUT2D eigenvalue weighted by atomic mass is 10.2. The van der Waals surface area contributed by atoms with E-state index in [1.54, 1.807) is 7.11 Å². The molecule has 20 heavy (non-hydrogen) atoms. The molecule has 7 heteroatoms. The van der Waals surface area contributed by atoms with Gasteiger partial charge in [0.2, 0.25) is 11.9 Å². The van der Waals surface area contributed by atoms with Crippen molar-refractivity contribution in [3.8, 4) is 6.01 Å². The lowest BCUT2D eigenvalue weighted by Gasteiger charge is -2.19. The Morgan fingerprint density at radius 1 is 1.25 bits per heavy atom. The Balaban J connectivity index is 2.09. The molecule has 2 unspecified atom stereocenters. The maximum absolute atomic E-state index is 5.15. The Labute approximate surface area is 124 Å². The van der Waals surface area contributed by atoms with Crippen molar-refractivity contribution in [1.29, 1.82) is 0 Å². The van der Waals surface area contributed by atoms with Gasteiger partial charge in [-0.15, -0.1) is 0 Å². The number of hydrogen-bond donors (Lipinski definition) is 2. The van der Waals surface area contributed by atoms with E-state index in [-0.39, 0.29) is 0 Å². The number of nitrogens with one attached hydrogen (secondary N) is 2. The second kappa shape index (κ2) is 7.52. The van der Waals surface area contributed by atoms with Gasteiger partial charge < -0.3 is 15.4 Å². The maximum atomic E-state index is 5.15. The third-order valence-electron chi connectivity index (χ3n) is 3.40. The lowest BCUT2D eigenvalue weighted by molar-refractivity contribution is 0.379. The van der Waals surface area contributed by atoms with Crippen LogP contribution in [-0.4, -0.2) is 46.2 Å². The molecule has 0 bridgehead atoms. The van der Waals surface area contributed by atoms with Gasteiger partial charge in [0.25, 0.3) is 0 Å². The normalized spacial score (nSPS) is 21.8. The van der Waals surface area contributed by atoms with E-state index >= 15 is 0 Å². The Morgan fingerprint density at radius 3 is 2.75 bits per heavy atom. The first kappa shape index (κ1) is 15.2. The summed E-state index contributed by atoms with van der Waals surface area (Å²) >= 11 is 1.91. The molecule has 1 aliphatic rings. The average molecular weight is 297 g/mol. The van der Waals surface area contributed by atoms with Gasteiger partial charge in [-0.25, -0.2) is 0 Å². The first-order chi connectivity index (χ1) is 9.76. The molecule has 1 aromatic heterocycles. The van der Waals surface area contributed by atoms with Crippen molar-refractivity contribution in [2.75, 3.05) is 30.5 Å². The molecule has 1 aromatic rings. The number of nitrogens with zero attached hydrogens (tertiary/aromatic N) is 3. The first-order valence-corrected chi connectivity index (χ1v) is 8.39. The molecule has 0 radical (unpaired) electrons. The van der Waals surface area contributed by atoms with Crippen LogP contribution in [0.1, 0.15) is 32.6 Å². The number of hydrogen-bond acceptors (Lipinski definition) is 7. The van der Waals surface area contributed by atoms with Crippen LogP contribution < -0.4 is 15.4 Å². The molecule has 6 nitrogen and oxygen atoms in total. The molecular weight excluding hydrogens is 274 g/mol. The summed E-state index contributed by atoms with van der Waals surface area (Å²) in [4.78, 5) is 12.9. The predicted octanol–water partition coefficient (Wildman–Crippen LogP) is 2.40. The molecule has 1 heterocycles. The summed E-state index contributed by atoms with van der Waals surface area (Å²) in [6, 6.07) is 0.774. The quantitative estimate of drug-likeness (QED) is 0.800. The van der Waals surface area contributed by atoms with Crippen LogP contribution in [0.4, 0.5) is 11.9 Å². The third kappa shape index (κ3) is 3.88. The van der Waals surface area contributed by atoms with Gasteiger partial charge in [-0.05, 0) is 25.5 Å². The molecule has 1 fully saturated rings. The third-order valence-corrected chi connectivity index (χ3v) is 4.57. The highest BCUT2D eigenvalue weighted by Crippen LogP contribution is 2.30. The van der Waals surface area contributed by atoms with Gasteiger partial charge >= 0.3 is 6.01 Å². The summed E-state index contributed by atoms with van der Waals surface area (Å²) in [6.07, 6.45) is 6.85. The maximum Gasteiger partial charge on any atom is 0.322 e. The zero-order chi connectivity index (χ0) is 14.4. The minimum Gasteiger partial charge on any atom is -0.467 e. The van der Waals surface area contributed by atoms with Crippen LogP contribution in [0.25, 0.3) is 0 Å². The fraction of sp³-hybridized carbons (Fsp3) is 0.769. The number of aromatic nitrogens is 3. The van der Waals surface area contributed by atoms with E-state index in [0.717, 1.165) is 19.4 Å². The van der Waals surface area contributed by atoms with Gasteiger partial charge in [-0.2, -0.15) is 26.7 Å². The molecule has 0 amide bonds. The highest BCUT2D eigenvalue weighted by molar-refractivity contribution is 7.99. The molecule has 2 atom stereocenters. The van der Waals surface area contributed by atoms with Crippen LogP contribution in [0.5, 0.6) is 6.01 Å². The van der Waals surface area contributed by atoms with Crippen molar-refractivity contribution < 1.29 is 4.74 Å². The number of methoxy groups -OCH3 is 1. The number of rotatable bonds is 7. The second-order valence-electron chi connectivity index (χ2n) is 4.85. The van der Waals surface area contributed by atoms with E-state index in [1.807, 2.05) is 11.8 Å². The van der Waals surface area contributed by atoms with Crippen LogP contribution in [0.15, 0.2) is 0 Å². The zero-order valence-corrected chi connectivity index (χ0v) is 13.2. The van der Waals surface area contributed by atoms with Crippen LogP contribution in [-0.2, 0) is 0 Å². The van der Waals surface area contributed by atoms with Crippen molar-refractivity contribution in [2.45, 2.75) is 43.9 Å². The first-order valence-electron chi connectivity index (χ1n) is 7.10. The smallest absolute Gasteiger partial charge is 0.322 e.